The van der Waals surface area contributed by atoms with Crippen LogP contribution in [0.5, 0.6) is 0 Å². The van der Waals surface area contributed by atoms with Crippen molar-refractivity contribution in [2.75, 3.05) is 27.2 Å². The van der Waals surface area contributed by atoms with E-state index in [1.165, 1.54) is 31.2 Å². The van der Waals surface area contributed by atoms with E-state index in [2.05, 4.69) is 0 Å². The number of sulfonamides is 1. The normalized spacial score (nSPS) is 17.4. The van der Waals surface area contributed by atoms with Crippen LogP contribution in [-0.4, -0.2) is 56.0 Å². The molecule has 2 rings (SSSR count). The smallest absolute Gasteiger partial charge is 0.242 e. The first kappa shape index (κ1) is 20.3. The molecule has 0 aliphatic carbocycles. The third-order valence-electron chi connectivity index (χ3n) is 4.44. The maximum absolute atomic E-state index is 12.6. The van der Waals surface area contributed by atoms with Crippen molar-refractivity contribution < 1.29 is 13.2 Å². The minimum absolute atomic E-state index is 0.118. The van der Waals surface area contributed by atoms with Crippen LogP contribution in [0.4, 0.5) is 0 Å². The summed E-state index contributed by atoms with van der Waals surface area (Å²) in [6, 6.07) is 6.97. The Kier molecular flexibility index (Phi) is 7.34. The van der Waals surface area contributed by atoms with Gasteiger partial charge in [0.05, 0.1) is 10.1 Å². The Labute approximate surface area is 155 Å². The second-order valence-corrected chi connectivity index (χ2v) is 10.1. The van der Waals surface area contributed by atoms with Crippen LogP contribution in [0.1, 0.15) is 38.2 Å². The Bertz CT molecular complexity index is 681. The number of carbonyl (C=O) groups is 1. The van der Waals surface area contributed by atoms with Gasteiger partial charge in [-0.3, -0.25) is 4.79 Å². The number of hydrogen-bond acceptors (Lipinski definition) is 4. The summed E-state index contributed by atoms with van der Waals surface area (Å²) >= 11 is 1.57. The fraction of sp³-hybridized carbons (Fsp3) is 0.611. The minimum atomic E-state index is -3.43. The number of carbonyl (C=O) groups excluding carboxylic acids is 1. The molecule has 1 saturated heterocycles. The van der Waals surface area contributed by atoms with E-state index in [1.54, 1.807) is 30.0 Å². The fourth-order valence-corrected chi connectivity index (χ4v) is 4.73. The monoisotopic (exact) mass is 384 g/mol. The predicted octanol–water partition coefficient (Wildman–Crippen LogP) is 2.96. The van der Waals surface area contributed by atoms with Gasteiger partial charge in [-0.25, -0.2) is 12.7 Å². The van der Waals surface area contributed by atoms with Gasteiger partial charge in [-0.05, 0) is 37.5 Å². The summed E-state index contributed by atoms with van der Waals surface area (Å²) in [5.74, 6) is 0.821. The molecule has 0 N–H and O–H groups in total. The van der Waals surface area contributed by atoms with E-state index in [1.807, 2.05) is 17.9 Å². The first-order valence-electron chi connectivity index (χ1n) is 8.74. The quantitative estimate of drug-likeness (QED) is 0.757. The predicted molar refractivity (Wildman–Crippen MR) is 103 cm³/mol. The van der Waals surface area contributed by atoms with Gasteiger partial charge >= 0.3 is 0 Å². The van der Waals surface area contributed by atoms with Crippen molar-refractivity contribution in [3.63, 3.8) is 0 Å². The Morgan fingerprint density at radius 1 is 1.20 bits per heavy atom. The molecule has 1 aromatic carbocycles. The molecule has 140 valence electrons. The Hall–Kier alpha value is -1.05. The zero-order valence-electron chi connectivity index (χ0n) is 15.3. The van der Waals surface area contributed by atoms with E-state index in [4.69, 9.17) is 0 Å². The topological polar surface area (TPSA) is 57.7 Å². The lowest BCUT2D eigenvalue weighted by molar-refractivity contribution is -0.130. The number of thioether (sulfide) groups is 1. The molecule has 1 fully saturated rings. The summed E-state index contributed by atoms with van der Waals surface area (Å²) < 4.78 is 25.7. The van der Waals surface area contributed by atoms with Gasteiger partial charge in [0.25, 0.3) is 0 Å². The highest BCUT2D eigenvalue weighted by atomic mass is 32.2. The van der Waals surface area contributed by atoms with Crippen LogP contribution in [0.2, 0.25) is 0 Å². The van der Waals surface area contributed by atoms with Crippen molar-refractivity contribution in [2.24, 2.45) is 0 Å². The molecule has 5 nitrogen and oxygen atoms in total. The average Bonchev–Trinajstić information content (AvgIpc) is 2.88. The number of rotatable bonds is 6. The summed E-state index contributed by atoms with van der Waals surface area (Å²) in [4.78, 5) is 14.9. The zero-order chi connectivity index (χ0) is 18.4. The van der Waals surface area contributed by atoms with Gasteiger partial charge in [0.1, 0.15) is 0 Å². The van der Waals surface area contributed by atoms with E-state index in [0.717, 1.165) is 31.5 Å². The molecule has 0 radical (unpaired) electrons. The average molecular weight is 385 g/mol. The van der Waals surface area contributed by atoms with Crippen LogP contribution >= 0.6 is 11.8 Å². The van der Waals surface area contributed by atoms with Crippen LogP contribution in [0.3, 0.4) is 0 Å². The van der Waals surface area contributed by atoms with Crippen molar-refractivity contribution in [2.45, 2.75) is 48.5 Å². The molecule has 1 atom stereocenters. The van der Waals surface area contributed by atoms with Crippen LogP contribution in [0.25, 0.3) is 0 Å². The molecule has 7 heteroatoms. The van der Waals surface area contributed by atoms with Gasteiger partial charge in [0, 0.05) is 32.9 Å². The van der Waals surface area contributed by atoms with Gasteiger partial charge in [-0.15, -0.1) is 11.8 Å². The van der Waals surface area contributed by atoms with Crippen LogP contribution < -0.4 is 0 Å². The fourth-order valence-electron chi connectivity index (χ4n) is 2.85. The van der Waals surface area contributed by atoms with E-state index in [0.29, 0.717) is 10.6 Å². The SMILES string of the molecule is CC(SCc1cccc(S(=O)(=O)N(C)C)c1)C(=O)N1CCCCCC1. The van der Waals surface area contributed by atoms with E-state index in [-0.39, 0.29) is 11.2 Å². The lowest BCUT2D eigenvalue weighted by Crippen LogP contribution is -2.37. The molecule has 1 unspecified atom stereocenters. The van der Waals surface area contributed by atoms with Crippen LogP contribution in [0, 0.1) is 0 Å². The number of hydrogen-bond donors (Lipinski definition) is 0. The second-order valence-electron chi connectivity index (χ2n) is 6.63. The molecular formula is C18H28N2O3S2. The molecular weight excluding hydrogens is 356 g/mol. The molecule has 1 heterocycles. The molecule has 1 aliphatic heterocycles. The summed E-state index contributed by atoms with van der Waals surface area (Å²) in [6.07, 6.45) is 4.60. The highest BCUT2D eigenvalue weighted by Gasteiger charge is 2.22. The van der Waals surface area contributed by atoms with Crippen molar-refractivity contribution in [3.05, 3.63) is 29.8 Å². The maximum Gasteiger partial charge on any atom is 0.242 e. The van der Waals surface area contributed by atoms with Crippen molar-refractivity contribution >= 4 is 27.7 Å². The number of amides is 1. The lowest BCUT2D eigenvalue weighted by Gasteiger charge is -2.24. The van der Waals surface area contributed by atoms with Crippen LogP contribution in [0.15, 0.2) is 29.2 Å². The highest BCUT2D eigenvalue weighted by Crippen LogP contribution is 2.23. The maximum atomic E-state index is 12.6. The van der Waals surface area contributed by atoms with Crippen LogP contribution in [-0.2, 0) is 20.6 Å². The van der Waals surface area contributed by atoms with Gasteiger partial charge in [0.2, 0.25) is 15.9 Å². The lowest BCUT2D eigenvalue weighted by atomic mass is 10.2. The molecule has 0 aromatic heterocycles. The van der Waals surface area contributed by atoms with Gasteiger partial charge in [0.15, 0.2) is 0 Å². The van der Waals surface area contributed by atoms with Crippen molar-refractivity contribution in [1.82, 2.24) is 9.21 Å². The third-order valence-corrected chi connectivity index (χ3v) is 7.46. The molecule has 0 spiro atoms. The van der Waals surface area contributed by atoms with Gasteiger partial charge < -0.3 is 4.90 Å². The van der Waals surface area contributed by atoms with Gasteiger partial charge in [-0.1, -0.05) is 25.0 Å². The Morgan fingerprint density at radius 2 is 1.84 bits per heavy atom. The summed E-state index contributed by atoms with van der Waals surface area (Å²) in [6.45, 7) is 3.67. The summed E-state index contributed by atoms with van der Waals surface area (Å²) in [5.41, 5.74) is 0.920. The summed E-state index contributed by atoms with van der Waals surface area (Å²) in [7, 11) is -0.374. The van der Waals surface area contributed by atoms with Crippen molar-refractivity contribution in [1.29, 1.82) is 0 Å². The summed E-state index contributed by atoms with van der Waals surface area (Å²) in [5, 5.41) is -0.118. The zero-order valence-corrected chi connectivity index (χ0v) is 16.9. The van der Waals surface area contributed by atoms with E-state index in [9.17, 15) is 13.2 Å². The Balaban J connectivity index is 1.97. The Morgan fingerprint density at radius 3 is 2.44 bits per heavy atom. The molecule has 0 bridgehead atoms. The number of likely N-dealkylation sites (tertiary alicyclic amines) is 1. The van der Waals surface area contributed by atoms with Crippen molar-refractivity contribution in [3.8, 4) is 0 Å². The molecule has 0 saturated carbocycles. The first-order valence-corrected chi connectivity index (χ1v) is 11.2. The first-order chi connectivity index (χ1) is 11.8. The van der Waals surface area contributed by atoms with Gasteiger partial charge in [-0.2, -0.15) is 0 Å². The van der Waals surface area contributed by atoms with E-state index < -0.39 is 10.0 Å². The molecule has 1 aliphatic rings. The number of benzene rings is 1. The molecule has 25 heavy (non-hydrogen) atoms. The second kappa shape index (κ2) is 9.05. The highest BCUT2D eigenvalue weighted by molar-refractivity contribution is 7.99. The molecule has 1 amide bonds. The molecule has 1 aromatic rings. The third kappa shape index (κ3) is 5.46. The minimum Gasteiger partial charge on any atom is -0.342 e. The number of nitrogens with zero attached hydrogens (tertiary/aromatic N) is 2. The largest absolute Gasteiger partial charge is 0.342 e. The standard InChI is InChI=1S/C18H28N2O3S2/c1-15(18(21)20-11-6-4-5-7-12-20)24-14-16-9-8-10-17(13-16)25(22,23)19(2)3/h8-10,13,15H,4-7,11-12,14H2,1-3H3. The van der Waals surface area contributed by atoms with E-state index >= 15 is 0 Å².